The molecule has 0 aliphatic heterocycles. The van der Waals surface area contributed by atoms with Gasteiger partial charge < -0.3 is 10.6 Å². The summed E-state index contributed by atoms with van der Waals surface area (Å²) in [6.45, 7) is -0.0645. The molecule has 0 spiro atoms. The number of aromatic nitrogens is 2. The van der Waals surface area contributed by atoms with Crippen LogP contribution < -0.4 is 10.6 Å². The van der Waals surface area contributed by atoms with Gasteiger partial charge in [-0.3, -0.25) is 4.79 Å². The zero-order chi connectivity index (χ0) is 22.9. The van der Waals surface area contributed by atoms with Crippen LogP contribution in [0.2, 0.25) is 0 Å². The maximum Gasteiger partial charge on any atom is 0.257 e. The Morgan fingerprint density at radius 1 is 1.25 bits per heavy atom. The van der Waals surface area contributed by atoms with Crippen LogP contribution in [-0.2, 0) is 16.4 Å². The van der Waals surface area contributed by atoms with Gasteiger partial charge in [-0.25, -0.2) is 27.2 Å². The van der Waals surface area contributed by atoms with Crippen molar-refractivity contribution in [3.8, 4) is 0 Å². The van der Waals surface area contributed by atoms with Crippen LogP contribution in [0.5, 0.6) is 0 Å². The molecule has 1 heterocycles. The van der Waals surface area contributed by atoms with E-state index in [0.29, 0.717) is 5.82 Å². The number of anilines is 1. The number of hydrogen-bond acceptors (Lipinski definition) is 6. The van der Waals surface area contributed by atoms with E-state index in [-0.39, 0.29) is 35.3 Å². The van der Waals surface area contributed by atoms with E-state index in [4.69, 9.17) is 0 Å². The number of halogens is 2. The van der Waals surface area contributed by atoms with Crippen molar-refractivity contribution in [2.45, 2.75) is 44.2 Å². The van der Waals surface area contributed by atoms with Gasteiger partial charge in [-0.1, -0.05) is 6.08 Å². The average Bonchev–Trinajstić information content (AvgIpc) is 3.62. The molecule has 0 bridgehead atoms. The highest BCUT2D eigenvalue weighted by Gasteiger charge is 2.32. The number of nitrogens with zero attached hydrogens (tertiary/aromatic N) is 2. The third-order valence-electron chi connectivity index (χ3n) is 5.41. The molecule has 2 fully saturated rings. The molecule has 2 N–H and O–H groups in total. The van der Waals surface area contributed by atoms with Crippen molar-refractivity contribution in [1.82, 2.24) is 15.3 Å². The van der Waals surface area contributed by atoms with Gasteiger partial charge in [0.15, 0.2) is 9.84 Å². The highest BCUT2D eigenvalue weighted by molar-refractivity contribution is 7.93. The SMILES string of the molecule is CS(=O)(=O)/C=C/[C@@H](NC(=O)c1cnc(C2CC2)nc1NCc1cc(F)ccc1F)C1CC1. The first-order valence-corrected chi connectivity index (χ1v) is 12.4. The van der Waals surface area contributed by atoms with Crippen LogP contribution in [0.3, 0.4) is 0 Å². The lowest BCUT2D eigenvalue weighted by Crippen LogP contribution is -2.35. The Hall–Kier alpha value is -2.88. The Balaban J connectivity index is 1.56. The second kappa shape index (κ2) is 8.93. The van der Waals surface area contributed by atoms with Crippen molar-refractivity contribution in [1.29, 1.82) is 0 Å². The van der Waals surface area contributed by atoms with E-state index in [1.165, 1.54) is 12.3 Å². The zero-order valence-electron chi connectivity index (χ0n) is 17.5. The predicted molar refractivity (Wildman–Crippen MR) is 116 cm³/mol. The first-order chi connectivity index (χ1) is 15.2. The molecule has 0 radical (unpaired) electrons. The van der Waals surface area contributed by atoms with Crippen molar-refractivity contribution >= 4 is 21.6 Å². The molecule has 0 unspecified atom stereocenters. The summed E-state index contributed by atoms with van der Waals surface area (Å²) in [5, 5.41) is 6.88. The molecule has 170 valence electrons. The average molecular weight is 463 g/mol. The Morgan fingerprint density at radius 3 is 2.66 bits per heavy atom. The van der Waals surface area contributed by atoms with Crippen molar-refractivity contribution in [3.63, 3.8) is 0 Å². The second-order valence-corrected chi connectivity index (χ2v) is 10.3. The van der Waals surface area contributed by atoms with Crippen molar-refractivity contribution in [2.75, 3.05) is 11.6 Å². The normalized spacial score (nSPS) is 17.3. The van der Waals surface area contributed by atoms with Gasteiger partial charge in [-0.15, -0.1) is 0 Å². The van der Waals surface area contributed by atoms with Crippen LogP contribution in [0.1, 0.15) is 53.3 Å². The van der Waals surface area contributed by atoms with E-state index in [0.717, 1.165) is 55.5 Å². The number of nitrogens with one attached hydrogen (secondary N) is 2. The number of amides is 1. The van der Waals surface area contributed by atoms with Gasteiger partial charge >= 0.3 is 0 Å². The quantitative estimate of drug-likeness (QED) is 0.593. The lowest BCUT2D eigenvalue weighted by Gasteiger charge is -2.17. The maximum atomic E-state index is 14.0. The van der Waals surface area contributed by atoms with E-state index in [1.807, 2.05) is 0 Å². The van der Waals surface area contributed by atoms with Gasteiger partial charge in [0.1, 0.15) is 28.8 Å². The van der Waals surface area contributed by atoms with Crippen LogP contribution in [0.15, 0.2) is 35.9 Å². The number of carbonyl (C=O) groups excluding carboxylic acids is 1. The number of carbonyl (C=O) groups is 1. The van der Waals surface area contributed by atoms with E-state index in [1.54, 1.807) is 0 Å². The van der Waals surface area contributed by atoms with Crippen LogP contribution in [0.25, 0.3) is 0 Å². The minimum Gasteiger partial charge on any atom is -0.365 e. The number of sulfone groups is 1. The molecule has 1 amide bonds. The van der Waals surface area contributed by atoms with Crippen molar-refractivity contribution < 1.29 is 22.0 Å². The zero-order valence-corrected chi connectivity index (χ0v) is 18.3. The molecule has 2 aliphatic rings. The summed E-state index contributed by atoms with van der Waals surface area (Å²) in [5.74, 6) is -0.376. The molecule has 7 nitrogen and oxygen atoms in total. The molecule has 1 aromatic carbocycles. The Morgan fingerprint density at radius 2 is 2.00 bits per heavy atom. The highest BCUT2D eigenvalue weighted by atomic mass is 32.2. The van der Waals surface area contributed by atoms with E-state index in [9.17, 15) is 22.0 Å². The smallest absolute Gasteiger partial charge is 0.257 e. The van der Waals surface area contributed by atoms with Gasteiger partial charge in [0.05, 0.1) is 6.04 Å². The Bertz CT molecular complexity index is 1160. The molecule has 2 saturated carbocycles. The Kier molecular flexibility index (Phi) is 6.23. The number of benzene rings is 1. The summed E-state index contributed by atoms with van der Waals surface area (Å²) >= 11 is 0. The molecule has 0 saturated heterocycles. The molecule has 1 aromatic heterocycles. The Labute approximate surface area is 185 Å². The third-order valence-corrected chi connectivity index (χ3v) is 6.06. The predicted octanol–water partition coefficient (Wildman–Crippen LogP) is 3.31. The topological polar surface area (TPSA) is 101 Å². The molecule has 32 heavy (non-hydrogen) atoms. The third kappa shape index (κ3) is 5.87. The van der Waals surface area contributed by atoms with E-state index in [2.05, 4.69) is 20.6 Å². The van der Waals surface area contributed by atoms with Crippen LogP contribution in [-0.4, -0.2) is 36.6 Å². The van der Waals surface area contributed by atoms with Crippen molar-refractivity contribution in [3.05, 3.63) is 64.5 Å². The molecular formula is C22H24F2N4O3S. The van der Waals surface area contributed by atoms with Gasteiger partial charge in [0.25, 0.3) is 5.91 Å². The largest absolute Gasteiger partial charge is 0.365 e. The maximum absolute atomic E-state index is 14.0. The van der Waals surface area contributed by atoms with Gasteiger partial charge in [-0.2, -0.15) is 0 Å². The first-order valence-electron chi connectivity index (χ1n) is 10.4. The minimum atomic E-state index is -3.32. The molecule has 10 heteroatoms. The van der Waals surface area contributed by atoms with Gasteiger partial charge in [0, 0.05) is 35.9 Å². The molecule has 4 rings (SSSR count). The van der Waals surface area contributed by atoms with E-state index >= 15 is 0 Å². The fourth-order valence-electron chi connectivity index (χ4n) is 3.33. The minimum absolute atomic E-state index is 0.0645. The van der Waals surface area contributed by atoms with E-state index < -0.39 is 33.4 Å². The fraction of sp³-hybridized carbons (Fsp3) is 0.409. The summed E-state index contributed by atoms with van der Waals surface area (Å²) in [4.78, 5) is 21.8. The fourth-order valence-corrected chi connectivity index (χ4v) is 3.78. The molecule has 2 aromatic rings. The summed E-state index contributed by atoms with van der Waals surface area (Å²) < 4.78 is 50.5. The van der Waals surface area contributed by atoms with Gasteiger partial charge in [-0.05, 0) is 49.8 Å². The number of rotatable bonds is 9. The van der Waals surface area contributed by atoms with Gasteiger partial charge in [0.2, 0.25) is 0 Å². The summed E-state index contributed by atoms with van der Waals surface area (Å²) in [6.07, 6.45) is 7.70. The lowest BCUT2D eigenvalue weighted by atomic mass is 10.1. The monoisotopic (exact) mass is 462 g/mol. The van der Waals surface area contributed by atoms with Crippen LogP contribution in [0.4, 0.5) is 14.6 Å². The standard InChI is InChI=1S/C22H24F2N4O3S/c1-32(30,31)9-8-19(13-2-3-13)27-22(29)17-12-26-20(14-4-5-14)28-21(17)25-11-15-10-16(23)6-7-18(15)24/h6-10,12-14,19H,2-5,11H2,1H3,(H,27,29)(H,25,26,28)/b9-8+/t19-/m1/s1. The molecular weight excluding hydrogens is 438 g/mol. The lowest BCUT2D eigenvalue weighted by molar-refractivity contribution is 0.0940. The first kappa shape index (κ1) is 22.3. The summed E-state index contributed by atoms with van der Waals surface area (Å²) in [5.41, 5.74) is 0.263. The second-order valence-electron chi connectivity index (χ2n) is 8.35. The molecule has 2 aliphatic carbocycles. The summed E-state index contributed by atoms with van der Waals surface area (Å²) in [6, 6.07) is 2.73. The highest BCUT2D eigenvalue weighted by Crippen LogP contribution is 2.38. The van der Waals surface area contributed by atoms with Crippen molar-refractivity contribution in [2.24, 2.45) is 5.92 Å². The van der Waals surface area contributed by atoms with Crippen LogP contribution >= 0.6 is 0 Å². The molecule has 1 atom stereocenters. The summed E-state index contributed by atoms with van der Waals surface area (Å²) in [7, 11) is -3.32. The number of hydrogen-bond donors (Lipinski definition) is 2. The van der Waals surface area contributed by atoms with Crippen LogP contribution in [0, 0.1) is 17.6 Å².